The molecule has 0 fully saturated rings. The Bertz CT molecular complexity index is 2910. The van der Waals surface area contributed by atoms with Gasteiger partial charge in [-0.1, -0.05) is 158 Å². The number of nitrogens with zero attached hydrogens (tertiary/aromatic N) is 1. The summed E-state index contributed by atoms with van der Waals surface area (Å²) >= 11 is 0. The summed E-state index contributed by atoms with van der Waals surface area (Å²) in [6.07, 6.45) is 0. The lowest BCUT2D eigenvalue weighted by Gasteiger charge is -2.26. The minimum atomic E-state index is 0.855. The Morgan fingerprint density at radius 2 is 0.778 bits per heavy atom. The van der Waals surface area contributed by atoms with Crippen molar-refractivity contribution in [2.75, 3.05) is 4.90 Å². The van der Waals surface area contributed by atoms with Gasteiger partial charge in [-0.05, 0) is 98.4 Å². The monoisotopic (exact) mass is 689 g/mol. The summed E-state index contributed by atoms with van der Waals surface area (Å²) in [5, 5.41) is 4.49. The highest BCUT2D eigenvalue weighted by atomic mass is 16.3. The van der Waals surface area contributed by atoms with Crippen LogP contribution in [0.1, 0.15) is 0 Å². The van der Waals surface area contributed by atoms with Crippen LogP contribution in [0, 0.1) is 0 Å². The van der Waals surface area contributed by atoms with Gasteiger partial charge in [0.25, 0.3) is 0 Å². The fraction of sp³-hybridized carbons (Fsp3) is 0. The first-order chi connectivity index (χ1) is 26.8. The average Bonchev–Trinajstić information content (AvgIpc) is 3.63. The molecule has 1 aromatic heterocycles. The van der Waals surface area contributed by atoms with Crippen molar-refractivity contribution in [2.24, 2.45) is 0 Å². The van der Waals surface area contributed by atoms with E-state index in [0.717, 1.165) is 44.4 Å². The number of anilines is 3. The molecule has 1 heterocycles. The van der Waals surface area contributed by atoms with Crippen LogP contribution in [0.15, 0.2) is 217 Å². The number of furan rings is 1. The summed E-state index contributed by atoms with van der Waals surface area (Å²) in [4.78, 5) is 2.33. The maximum atomic E-state index is 6.86. The van der Waals surface area contributed by atoms with Gasteiger partial charge in [0.1, 0.15) is 11.2 Å². The summed E-state index contributed by atoms with van der Waals surface area (Å²) in [6, 6.07) is 75.7. The Hall–Kier alpha value is -7.16. The molecule has 0 amide bonds. The number of hydrogen-bond acceptors (Lipinski definition) is 2. The summed E-state index contributed by atoms with van der Waals surface area (Å²) in [5.74, 6) is 0. The Kier molecular flexibility index (Phi) is 7.85. The molecule has 0 radical (unpaired) electrons. The fourth-order valence-electron chi connectivity index (χ4n) is 7.80. The van der Waals surface area contributed by atoms with Gasteiger partial charge < -0.3 is 9.32 Å². The number of fused-ring (bicyclic) bond motifs is 5. The fourth-order valence-corrected chi connectivity index (χ4v) is 7.80. The van der Waals surface area contributed by atoms with Crippen LogP contribution in [-0.4, -0.2) is 0 Å². The number of benzene rings is 9. The van der Waals surface area contributed by atoms with E-state index in [9.17, 15) is 0 Å². The van der Waals surface area contributed by atoms with E-state index in [-0.39, 0.29) is 0 Å². The highest BCUT2D eigenvalue weighted by Gasteiger charge is 2.19. The Morgan fingerprint density at radius 3 is 1.46 bits per heavy atom. The van der Waals surface area contributed by atoms with E-state index in [1.54, 1.807) is 0 Å². The summed E-state index contributed by atoms with van der Waals surface area (Å²) < 4.78 is 6.86. The van der Waals surface area contributed by atoms with Crippen LogP contribution >= 0.6 is 0 Å². The van der Waals surface area contributed by atoms with Crippen molar-refractivity contribution in [1.29, 1.82) is 0 Å². The lowest BCUT2D eigenvalue weighted by molar-refractivity contribution is 0.673. The molecule has 54 heavy (non-hydrogen) atoms. The van der Waals surface area contributed by atoms with Gasteiger partial charge in [0.05, 0.1) is 0 Å². The van der Waals surface area contributed by atoms with Crippen LogP contribution in [0.3, 0.4) is 0 Å². The predicted octanol–water partition coefficient (Wildman–Crippen LogP) is 14.9. The van der Waals surface area contributed by atoms with Gasteiger partial charge in [-0.25, -0.2) is 0 Å². The molecule has 0 spiro atoms. The molecule has 2 heteroatoms. The highest BCUT2D eigenvalue weighted by Crippen LogP contribution is 2.43. The zero-order valence-corrected chi connectivity index (χ0v) is 29.6. The second-order valence-electron chi connectivity index (χ2n) is 13.7. The van der Waals surface area contributed by atoms with Gasteiger partial charge in [-0.3, -0.25) is 0 Å². The lowest BCUT2D eigenvalue weighted by atomic mass is 9.93. The van der Waals surface area contributed by atoms with E-state index >= 15 is 0 Å². The van der Waals surface area contributed by atoms with E-state index in [2.05, 4.69) is 217 Å². The van der Waals surface area contributed by atoms with Gasteiger partial charge in [0.2, 0.25) is 0 Å². The maximum absolute atomic E-state index is 6.86. The highest BCUT2D eigenvalue weighted by molar-refractivity contribution is 6.19. The molecule has 0 bridgehead atoms. The van der Waals surface area contributed by atoms with E-state index in [1.807, 2.05) is 0 Å². The van der Waals surface area contributed by atoms with Crippen LogP contribution in [0.5, 0.6) is 0 Å². The summed E-state index contributed by atoms with van der Waals surface area (Å²) in [6.45, 7) is 0. The van der Waals surface area contributed by atoms with E-state index in [1.165, 1.54) is 49.9 Å². The molecule has 10 rings (SSSR count). The number of rotatable bonds is 7. The molecular weight excluding hydrogens is 655 g/mol. The minimum Gasteiger partial charge on any atom is -0.455 e. The molecule has 0 saturated carbocycles. The van der Waals surface area contributed by atoms with Crippen molar-refractivity contribution in [3.05, 3.63) is 212 Å². The third-order valence-electron chi connectivity index (χ3n) is 10.4. The standard InChI is InChI=1S/C52H35NO/c1-4-14-36(15-5-1)39-26-28-43(29-27-39)53(44-23-13-21-41(33-44)38-18-8-3-9-19-38)45-30-31-47-50-35-49(42-22-12-20-40(32-42)37-16-6-2-7-17-37)46-24-10-11-25-48(46)52(50)54-51(47)34-45/h1-35H. The molecule has 0 aliphatic heterocycles. The van der Waals surface area contributed by atoms with Crippen LogP contribution in [-0.2, 0) is 0 Å². The van der Waals surface area contributed by atoms with Gasteiger partial charge in [-0.15, -0.1) is 0 Å². The van der Waals surface area contributed by atoms with Gasteiger partial charge in [0.15, 0.2) is 0 Å². The molecule has 0 aliphatic carbocycles. The average molecular weight is 690 g/mol. The van der Waals surface area contributed by atoms with Crippen molar-refractivity contribution in [3.8, 4) is 44.5 Å². The molecule has 254 valence electrons. The van der Waals surface area contributed by atoms with Crippen molar-refractivity contribution >= 4 is 49.8 Å². The third kappa shape index (κ3) is 5.71. The maximum Gasteiger partial charge on any atom is 0.143 e. The second-order valence-corrected chi connectivity index (χ2v) is 13.7. The first kappa shape index (κ1) is 31.6. The van der Waals surface area contributed by atoms with Gasteiger partial charge >= 0.3 is 0 Å². The van der Waals surface area contributed by atoms with Gasteiger partial charge in [0, 0.05) is 39.3 Å². The zero-order chi connectivity index (χ0) is 35.8. The van der Waals surface area contributed by atoms with Crippen LogP contribution in [0.4, 0.5) is 17.1 Å². The molecule has 2 nitrogen and oxygen atoms in total. The minimum absolute atomic E-state index is 0.855. The smallest absolute Gasteiger partial charge is 0.143 e. The van der Waals surface area contributed by atoms with Gasteiger partial charge in [-0.2, -0.15) is 0 Å². The van der Waals surface area contributed by atoms with E-state index in [4.69, 9.17) is 4.42 Å². The Labute approximate surface area is 314 Å². The van der Waals surface area contributed by atoms with Crippen LogP contribution in [0.2, 0.25) is 0 Å². The Morgan fingerprint density at radius 1 is 0.278 bits per heavy atom. The predicted molar refractivity (Wildman–Crippen MR) is 228 cm³/mol. The molecule has 10 aromatic rings. The van der Waals surface area contributed by atoms with Crippen molar-refractivity contribution in [2.45, 2.75) is 0 Å². The first-order valence-corrected chi connectivity index (χ1v) is 18.4. The molecule has 0 N–H and O–H groups in total. The zero-order valence-electron chi connectivity index (χ0n) is 29.6. The molecule has 0 unspecified atom stereocenters. The quantitative estimate of drug-likeness (QED) is 0.166. The normalized spacial score (nSPS) is 11.3. The third-order valence-corrected chi connectivity index (χ3v) is 10.4. The summed E-state index contributed by atoms with van der Waals surface area (Å²) in [5.41, 5.74) is 14.5. The van der Waals surface area contributed by atoms with Crippen molar-refractivity contribution in [3.63, 3.8) is 0 Å². The molecule has 9 aromatic carbocycles. The second kappa shape index (κ2) is 13.4. The molecule has 0 saturated heterocycles. The SMILES string of the molecule is c1ccc(-c2ccc(N(c3cccc(-c4ccccc4)c3)c3ccc4c(c3)oc3c5ccccc5c(-c5cccc(-c6ccccc6)c5)cc43)cc2)cc1. The van der Waals surface area contributed by atoms with E-state index in [0.29, 0.717) is 0 Å². The lowest BCUT2D eigenvalue weighted by Crippen LogP contribution is -2.10. The Balaban J connectivity index is 1.13. The number of hydrogen-bond donors (Lipinski definition) is 0. The van der Waals surface area contributed by atoms with Crippen molar-refractivity contribution in [1.82, 2.24) is 0 Å². The molecule has 0 atom stereocenters. The summed E-state index contributed by atoms with van der Waals surface area (Å²) in [7, 11) is 0. The van der Waals surface area contributed by atoms with Crippen LogP contribution in [0.25, 0.3) is 77.2 Å². The van der Waals surface area contributed by atoms with Crippen LogP contribution < -0.4 is 4.90 Å². The molecule has 0 aliphatic rings. The first-order valence-electron chi connectivity index (χ1n) is 18.4. The van der Waals surface area contributed by atoms with E-state index < -0.39 is 0 Å². The topological polar surface area (TPSA) is 16.4 Å². The van der Waals surface area contributed by atoms with Crippen molar-refractivity contribution < 1.29 is 4.42 Å². The molecular formula is C52H35NO. The largest absolute Gasteiger partial charge is 0.455 e.